The van der Waals surface area contributed by atoms with Crippen molar-refractivity contribution in [1.29, 1.82) is 5.26 Å². The molecule has 0 aliphatic rings. The van der Waals surface area contributed by atoms with Crippen LogP contribution < -0.4 is 0 Å². The second-order valence-corrected chi connectivity index (χ2v) is 5.51. The molecule has 27 heavy (non-hydrogen) atoms. The van der Waals surface area contributed by atoms with Crippen LogP contribution in [0.4, 0.5) is 10.1 Å². The van der Waals surface area contributed by atoms with Crippen molar-refractivity contribution >= 4 is 17.5 Å². The van der Waals surface area contributed by atoms with Crippen molar-refractivity contribution in [3.8, 4) is 17.4 Å². The van der Waals surface area contributed by atoms with Gasteiger partial charge in [-0.2, -0.15) is 5.26 Å². The lowest BCUT2D eigenvalue weighted by molar-refractivity contribution is -0.384. The molecule has 0 fully saturated rings. The minimum Gasteiger partial charge on any atom is -0.457 e. The Morgan fingerprint density at radius 1 is 1.07 bits per heavy atom. The molecule has 2 aromatic carbocycles. The number of Topliss-reactive ketones (excluding diaryl/α,β-unsaturated/α-hetero) is 1. The predicted molar refractivity (Wildman–Crippen MR) is 95.1 cm³/mol. The van der Waals surface area contributed by atoms with Crippen LogP contribution in [0.25, 0.3) is 17.4 Å². The first-order chi connectivity index (χ1) is 13.0. The van der Waals surface area contributed by atoms with Gasteiger partial charge < -0.3 is 4.42 Å². The molecule has 0 radical (unpaired) electrons. The Kier molecular flexibility index (Phi) is 4.90. The van der Waals surface area contributed by atoms with E-state index in [2.05, 4.69) is 0 Å². The summed E-state index contributed by atoms with van der Waals surface area (Å²) in [6, 6.07) is 15.7. The highest BCUT2D eigenvalue weighted by atomic mass is 19.1. The topological polar surface area (TPSA) is 97.1 Å². The fourth-order valence-electron chi connectivity index (χ4n) is 2.38. The molecule has 0 spiro atoms. The van der Waals surface area contributed by atoms with Crippen molar-refractivity contribution in [2.45, 2.75) is 0 Å². The molecule has 6 nitrogen and oxygen atoms in total. The van der Waals surface area contributed by atoms with Crippen LogP contribution in [0.1, 0.15) is 16.1 Å². The first-order valence-corrected chi connectivity index (χ1v) is 7.74. The Morgan fingerprint density at radius 2 is 1.74 bits per heavy atom. The van der Waals surface area contributed by atoms with Crippen LogP contribution in [0, 0.1) is 27.3 Å². The van der Waals surface area contributed by atoms with E-state index < -0.39 is 16.5 Å². The Labute approximate surface area is 152 Å². The van der Waals surface area contributed by atoms with E-state index >= 15 is 0 Å². The fourth-order valence-corrected chi connectivity index (χ4v) is 2.38. The van der Waals surface area contributed by atoms with E-state index in [9.17, 15) is 24.6 Å². The quantitative estimate of drug-likeness (QED) is 0.214. The summed E-state index contributed by atoms with van der Waals surface area (Å²) in [6.45, 7) is 0. The Balaban J connectivity index is 1.86. The summed E-state index contributed by atoms with van der Waals surface area (Å²) in [5.41, 5.74) is 0.600. The van der Waals surface area contributed by atoms with Crippen molar-refractivity contribution in [3.63, 3.8) is 0 Å². The number of furan rings is 1. The maximum atomic E-state index is 13.0. The van der Waals surface area contributed by atoms with Gasteiger partial charge in [0.1, 0.15) is 29.0 Å². The molecule has 0 saturated heterocycles. The molecular formula is C20H11FN2O4. The van der Waals surface area contributed by atoms with E-state index in [0.717, 1.165) is 12.1 Å². The largest absolute Gasteiger partial charge is 0.457 e. The monoisotopic (exact) mass is 362 g/mol. The van der Waals surface area contributed by atoms with E-state index in [-0.39, 0.29) is 22.6 Å². The molecule has 3 aromatic rings. The van der Waals surface area contributed by atoms with Crippen molar-refractivity contribution in [2.75, 3.05) is 0 Å². The highest BCUT2D eigenvalue weighted by molar-refractivity contribution is 6.13. The van der Waals surface area contributed by atoms with E-state index in [0.29, 0.717) is 11.3 Å². The zero-order valence-corrected chi connectivity index (χ0v) is 13.8. The highest BCUT2D eigenvalue weighted by Gasteiger charge is 2.14. The SMILES string of the molecule is N#C/C(=C\c1ccc(-c2ccc([N+](=O)[O-])cc2)o1)C(=O)c1ccc(F)cc1. The van der Waals surface area contributed by atoms with Crippen LogP contribution in [0.5, 0.6) is 0 Å². The van der Waals surface area contributed by atoms with Crippen LogP contribution in [0.15, 0.2) is 70.7 Å². The van der Waals surface area contributed by atoms with E-state index in [1.807, 2.05) is 6.07 Å². The molecule has 0 saturated carbocycles. The van der Waals surface area contributed by atoms with Crippen molar-refractivity contribution in [1.82, 2.24) is 0 Å². The number of carbonyl (C=O) groups is 1. The third-order valence-electron chi connectivity index (χ3n) is 3.75. The number of rotatable bonds is 5. The predicted octanol–water partition coefficient (Wildman–Crippen LogP) is 4.78. The summed E-state index contributed by atoms with van der Waals surface area (Å²) in [7, 11) is 0. The van der Waals surface area contributed by atoms with Gasteiger partial charge in [-0.25, -0.2) is 4.39 Å². The number of benzene rings is 2. The Bertz CT molecular complexity index is 1070. The van der Waals surface area contributed by atoms with Crippen LogP contribution in [0.3, 0.4) is 0 Å². The summed E-state index contributed by atoms with van der Waals surface area (Å²) < 4.78 is 18.6. The van der Waals surface area contributed by atoms with Gasteiger partial charge >= 0.3 is 0 Å². The standard InChI is InChI=1S/C20H11FN2O4/c21-16-5-1-14(2-6-16)20(24)15(12-22)11-18-9-10-19(27-18)13-3-7-17(8-4-13)23(25)26/h1-11H/b15-11+. The minimum atomic E-state index is -0.550. The number of nitro groups is 1. The number of nitriles is 1. The highest BCUT2D eigenvalue weighted by Crippen LogP contribution is 2.25. The number of hydrogen-bond donors (Lipinski definition) is 0. The second-order valence-electron chi connectivity index (χ2n) is 5.51. The molecular weight excluding hydrogens is 351 g/mol. The lowest BCUT2D eigenvalue weighted by atomic mass is 10.0. The van der Waals surface area contributed by atoms with Crippen molar-refractivity contribution in [3.05, 3.63) is 93.5 Å². The number of allylic oxidation sites excluding steroid dienone is 1. The van der Waals surface area contributed by atoms with Crippen LogP contribution in [-0.2, 0) is 0 Å². The normalized spacial score (nSPS) is 11.0. The van der Waals surface area contributed by atoms with Gasteiger partial charge in [-0.3, -0.25) is 14.9 Å². The molecule has 0 aliphatic heterocycles. The molecule has 3 rings (SSSR count). The van der Waals surface area contributed by atoms with Gasteiger partial charge in [0, 0.05) is 29.3 Å². The molecule has 0 aliphatic carbocycles. The molecule has 0 atom stereocenters. The van der Waals surface area contributed by atoms with Crippen LogP contribution in [0.2, 0.25) is 0 Å². The summed E-state index contributed by atoms with van der Waals surface area (Å²) >= 11 is 0. The molecule has 0 amide bonds. The van der Waals surface area contributed by atoms with E-state index in [4.69, 9.17) is 4.42 Å². The molecule has 7 heteroatoms. The number of nitrogens with zero attached hydrogens (tertiary/aromatic N) is 2. The Morgan fingerprint density at radius 3 is 2.33 bits per heavy atom. The zero-order valence-electron chi connectivity index (χ0n) is 13.8. The number of ketones is 1. The molecule has 132 valence electrons. The van der Waals surface area contributed by atoms with Crippen LogP contribution >= 0.6 is 0 Å². The average Bonchev–Trinajstić information content (AvgIpc) is 3.15. The number of carbonyl (C=O) groups excluding carboxylic acids is 1. The van der Waals surface area contributed by atoms with Gasteiger partial charge in [0.15, 0.2) is 0 Å². The third kappa shape index (κ3) is 3.96. The van der Waals surface area contributed by atoms with Gasteiger partial charge in [0.2, 0.25) is 5.78 Å². The Hall–Kier alpha value is -4.05. The maximum Gasteiger partial charge on any atom is 0.269 e. The first-order valence-electron chi connectivity index (χ1n) is 7.74. The minimum absolute atomic E-state index is 0.0397. The smallest absolute Gasteiger partial charge is 0.269 e. The van der Waals surface area contributed by atoms with Gasteiger partial charge in [0.25, 0.3) is 5.69 Å². The summed E-state index contributed by atoms with van der Waals surface area (Å²) in [4.78, 5) is 22.5. The summed E-state index contributed by atoms with van der Waals surface area (Å²) in [5.74, 6) is -0.323. The number of hydrogen-bond acceptors (Lipinski definition) is 5. The third-order valence-corrected chi connectivity index (χ3v) is 3.75. The van der Waals surface area contributed by atoms with Gasteiger partial charge in [0.05, 0.1) is 4.92 Å². The van der Waals surface area contributed by atoms with Crippen LogP contribution in [-0.4, -0.2) is 10.7 Å². The molecule has 0 bridgehead atoms. The number of non-ortho nitro benzene ring substituents is 1. The first kappa shape index (κ1) is 17.8. The van der Waals surface area contributed by atoms with E-state index in [1.165, 1.54) is 30.3 Å². The number of halogens is 1. The fraction of sp³-hybridized carbons (Fsp3) is 0. The molecule has 1 heterocycles. The second kappa shape index (κ2) is 7.45. The number of nitro benzene ring substituents is 1. The van der Waals surface area contributed by atoms with Crippen molar-refractivity contribution < 1.29 is 18.5 Å². The average molecular weight is 362 g/mol. The summed E-state index contributed by atoms with van der Waals surface area (Å²) in [5, 5.41) is 20.0. The lowest BCUT2D eigenvalue weighted by Crippen LogP contribution is -2.01. The van der Waals surface area contributed by atoms with Gasteiger partial charge in [-0.05, 0) is 48.5 Å². The molecule has 0 N–H and O–H groups in total. The van der Waals surface area contributed by atoms with Gasteiger partial charge in [-0.15, -0.1) is 0 Å². The summed E-state index contributed by atoms with van der Waals surface area (Å²) in [6.07, 6.45) is 1.29. The van der Waals surface area contributed by atoms with Crippen molar-refractivity contribution in [2.24, 2.45) is 0 Å². The lowest BCUT2D eigenvalue weighted by Gasteiger charge is -1.99. The van der Waals surface area contributed by atoms with Gasteiger partial charge in [-0.1, -0.05) is 0 Å². The molecule has 1 aromatic heterocycles. The molecule has 0 unspecified atom stereocenters. The van der Waals surface area contributed by atoms with E-state index in [1.54, 1.807) is 24.3 Å². The maximum absolute atomic E-state index is 13.0. The zero-order chi connectivity index (χ0) is 19.4.